The molecule has 0 saturated carbocycles. The minimum Gasteiger partial charge on any atom is -0.376 e. The van der Waals surface area contributed by atoms with Gasteiger partial charge in [0.05, 0.1) is 27.8 Å². The first kappa shape index (κ1) is 26.3. The molecule has 5 rings (SSSR count). The van der Waals surface area contributed by atoms with Crippen LogP contribution in [0.15, 0.2) is 41.3 Å². The van der Waals surface area contributed by atoms with Crippen LogP contribution in [0.2, 0.25) is 0 Å². The van der Waals surface area contributed by atoms with Crippen LogP contribution in [0.25, 0.3) is 10.2 Å². The van der Waals surface area contributed by atoms with Gasteiger partial charge in [0.25, 0.3) is 5.91 Å². The lowest BCUT2D eigenvalue weighted by atomic mass is 10.0. The summed E-state index contributed by atoms with van der Waals surface area (Å²) in [4.78, 5) is 20.6. The van der Waals surface area contributed by atoms with Crippen LogP contribution < -0.4 is 4.90 Å². The maximum Gasteiger partial charge on any atom is 0.260 e. The quantitative estimate of drug-likeness (QED) is 0.384. The number of sulfonamides is 1. The highest BCUT2D eigenvalue weighted by atomic mass is 32.2. The van der Waals surface area contributed by atoms with Crippen LogP contribution in [-0.2, 0) is 14.8 Å². The Morgan fingerprint density at radius 2 is 1.89 bits per heavy atom. The zero-order valence-corrected chi connectivity index (χ0v) is 23.4. The largest absolute Gasteiger partial charge is 0.376 e. The van der Waals surface area contributed by atoms with Gasteiger partial charge < -0.3 is 4.74 Å². The summed E-state index contributed by atoms with van der Waals surface area (Å²) in [6.45, 7) is 7.82. The first-order chi connectivity index (χ1) is 17.8. The number of nitrogens with zero attached hydrogens (tertiary/aromatic N) is 3. The fraction of sp³-hybridized carbons (Fsp3) is 0.500. The van der Waals surface area contributed by atoms with Gasteiger partial charge in [0.2, 0.25) is 10.0 Å². The molecule has 3 heterocycles. The molecule has 1 amide bonds. The fourth-order valence-electron chi connectivity index (χ4n) is 5.33. The van der Waals surface area contributed by atoms with Crippen LogP contribution in [0.1, 0.15) is 66.9 Å². The van der Waals surface area contributed by atoms with Crippen LogP contribution in [0, 0.1) is 13.8 Å². The standard InChI is InChI=1S/C28H35N3O4S2/c1-4-22-8-5-6-16-31(22)37(33,34)24-13-11-21(12-14-24)27(32)30(18-23-9-7-17-35-23)28-29-26-20(3)19(2)10-15-25(26)36-28/h10-15,22-23H,4-9,16-18H2,1-3H3. The molecule has 0 N–H and O–H groups in total. The van der Waals surface area contributed by atoms with Gasteiger partial charge in [-0.25, -0.2) is 13.4 Å². The maximum absolute atomic E-state index is 13.8. The lowest BCUT2D eigenvalue weighted by Crippen LogP contribution is -2.43. The number of fused-ring (bicyclic) bond motifs is 1. The molecule has 2 aromatic carbocycles. The van der Waals surface area contributed by atoms with Crippen molar-refractivity contribution >= 4 is 42.6 Å². The first-order valence-electron chi connectivity index (χ1n) is 13.2. The number of anilines is 1. The number of aromatic nitrogens is 1. The molecule has 2 aliphatic heterocycles. The van der Waals surface area contributed by atoms with E-state index in [2.05, 4.69) is 26.0 Å². The van der Waals surface area contributed by atoms with E-state index >= 15 is 0 Å². The molecule has 9 heteroatoms. The van der Waals surface area contributed by atoms with Gasteiger partial charge in [-0.05, 0) is 87.4 Å². The average molecular weight is 542 g/mol. The van der Waals surface area contributed by atoms with Gasteiger partial charge in [-0.3, -0.25) is 9.69 Å². The third-order valence-corrected chi connectivity index (χ3v) is 10.7. The molecular weight excluding hydrogens is 506 g/mol. The second-order valence-electron chi connectivity index (χ2n) is 10.1. The number of carbonyl (C=O) groups excluding carboxylic acids is 1. The number of aryl methyl sites for hydroxylation is 2. The highest BCUT2D eigenvalue weighted by molar-refractivity contribution is 7.89. The Bertz CT molecular complexity index is 1380. The zero-order valence-electron chi connectivity index (χ0n) is 21.8. The van der Waals surface area contributed by atoms with Crippen LogP contribution in [0.5, 0.6) is 0 Å². The Morgan fingerprint density at radius 1 is 1.11 bits per heavy atom. The summed E-state index contributed by atoms with van der Waals surface area (Å²) < 4.78 is 35.3. The summed E-state index contributed by atoms with van der Waals surface area (Å²) in [6.07, 6.45) is 5.48. The third kappa shape index (κ3) is 5.19. The van der Waals surface area contributed by atoms with Gasteiger partial charge in [-0.1, -0.05) is 30.7 Å². The second-order valence-corrected chi connectivity index (χ2v) is 13.0. The van der Waals surface area contributed by atoms with Gasteiger partial charge in [0.1, 0.15) is 0 Å². The summed E-state index contributed by atoms with van der Waals surface area (Å²) in [5.74, 6) is -0.197. The van der Waals surface area contributed by atoms with Crippen molar-refractivity contribution in [1.29, 1.82) is 0 Å². The molecule has 37 heavy (non-hydrogen) atoms. The van der Waals surface area contributed by atoms with Gasteiger partial charge in [-0.2, -0.15) is 4.31 Å². The van der Waals surface area contributed by atoms with E-state index in [-0.39, 0.29) is 22.9 Å². The molecule has 2 atom stereocenters. The van der Waals surface area contributed by atoms with Crippen molar-refractivity contribution in [2.24, 2.45) is 0 Å². The number of hydrogen-bond donors (Lipinski definition) is 0. The summed E-state index contributed by atoms with van der Waals surface area (Å²) >= 11 is 1.50. The van der Waals surface area contributed by atoms with Crippen LogP contribution >= 0.6 is 11.3 Å². The van der Waals surface area contributed by atoms with Crippen LogP contribution in [0.3, 0.4) is 0 Å². The Balaban J connectivity index is 1.45. The Hall–Kier alpha value is -2.33. The molecule has 0 bridgehead atoms. The molecule has 2 fully saturated rings. The molecule has 2 aliphatic rings. The minimum absolute atomic E-state index is 0.0353. The predicted octanol–water partition coefficient (Wildman–Crippen LogP) is 5.69. The van der Waals surface area contributed by atoms with E-state index in [9.17, 15) is 13.2 Å². The number of hydrogen-bond acceptors (Lipinski definition) is 6. The highest BCUT2D eigenvalue weighted by Gasteiger charge is 2.33. The lowest BCUT2D eigenvalue weighted by molar-refractivity contribution is 0.0917. The van der Waals surface area contributed by atoms with Gasteiger partial charge in [-0.15, -0.1) is 0 Å². The number of ether oxygens (including phenoxy) is 1. The number of benzene rings is 2. The van der Waals surface area contributed by atoms with E-state index in [1.807, 2.05) is 6.92 Å². The van der Waals surface area contributed by atoms with Gasteiger partial charge in [0, 0.05) is 24.8 Å². The number of rotatable bonds is 7. The molecule has 2 unspecified atom stereocenters. The normalized spacial score (nSPS) is 20.9. The zero-order chi connectivity index (χ0) is 26.2. The SMILES string of the molecule is CCC1CCCCN1S(=O)(=O)c1ccc(C(=O)N(CC2CCCO2)c2nc3c(C)c(C)ccc3s2)cc1. The number of amides is 1. The van der Waals surface area contributed by atoms with E-state index in [1.165, 1.54) is 11.3 Å². The number of carbonyl (C=O) groups is 1. The molecule has 3 aromatic rings. The molecule has 0 aliphatic carbocycles. The monoisotopic (exact) mass is 541 g/mol. The maximum atomic E-state index is 13.8. The van der Waals surface area contributed by atoms with Crippen molar-refractivity contribution in [2.75, 3.05) is 24.6 Å². The molecule has 1 aromatic heterocycles. The van der Waals surface area contributed by atoms with E-state index in [0.29, 0.717) is 30.4 Å². The average Bonchev–Trinajstić information content (AvgIpc) is 3.59. The van der Waals surface area contributed by atoms with E-state index in [1.54, 1.807) is 33.5 Å². The molecule has 7 nitrogen and oxygen atoms in total. The van der Waals surface area contributed by atoms with E-state index in [4.69, 9.17) is 9.72 Å². The third-order valence-electron chi connectivity index (χ3n) is 7.71. The van der Waals surface area contributed by atoms with Crippen molar-refractivity contribution in [1.82, 2.24) is 9.29 Å². The molecule has 2 saturated heterocycles. The summed E-state index contributed by atoms with van der Waals surface area (Å²) in [5, 5.41) is 0.639. The summed E-state index contributed by atoms with van der Waals surface area (Å²) in [7, 11) is -3.60. The molecule has 198 valence electrons. The minimum atomic E-state index is -3.60. The Kier molecular flexibility index (Phi) is 7.68. The van der Waals surface area contributed by atoms with E-state index in [0.717, 1.165) is 59.9 Å². The van der Waals surface area contributed by atoms with Crippen molar-refractivity contribution < 1.29 is 17.9 Å². The molecular formula is C28H35N3O4S2. The fourth-order valence-corrected chi connectivity index (χ4v) is 8.13. The van der Waals surface area contributed by atoms with Gasteiger partial charge in [0.15, 0.2) is 5.13 Å². The topological polar surface area (TPSA) is 79.8 Å². The van der Waals surface area contributed by atoms with Crippen molar-refractivity contribution in [3.63, 3.8) is 0 Å². The number of thiazole rings is 1. The first-order valence-corrected chi connectivity index (χ1v) is 15.5. The van der Waals surface area contributed by atoms with Crippen molar-refractivity contribution in [3.8, 4) is 0 Å². The van der Waals surface area contributed by atoms with Crippen LogP contribution in [0.4, 0.5) is 5.13 Å². The lowest BCUT2D eigenvalue weighted by Gasteiger charge is -2.34. The smallest absolute Gasteiger partial charge is 0.260 e. The highest BCUT2D eigenvalue weighted by Crippen LogP contribution is 2.34. The van der Waals surface area contributed by atoms with E-state index < -0.39 is 10.0 Å². The Labute approximate surface area is 223 Å². The van der Waals surface area contributed by atoms with Crippen molar-refractivity contribution in [2.45, 2.75) is 76.3 Å². The molecule has 0 radical (unpaired) electrons. The second kappa shape index (κ2) is 10.8. The predicted molar refractivity (Wildman–Crippen MR) is 148 cm³/mol. The number of piperidine rings is 1. The molecule has 0 spiro atoms. The van der Waals surface area contributed by atoms with Gasteiger partial charge >= 0.3 is 0 Å². The summed E-state index contributed by atoms with van der Waals surface area (Å²) in [6, 6.07) is 10.6. The van der Waals surface area contributed by atoms with Crippen molar-refractivity contribution in [3.05, 3.63) is 53.1 Å². The summed E-state index contributed by atoms with van der Waals surface area (Å²) in [5.41, 5.74) is 3.63. The van der Waals surface area contributed by atoms with Crippen LogP contribution in [-0.4, -0.2) is 55.5 Å². The Morgan fingerprint density at radius 3 is 2.59 bits per heavy atom.